The first-order valence-corrected chi connectivity index (χ1v) is 11.0. The number of nitrogens with one attached hydrogen (secondary N) is 3. The quantitative estimate of drug-likeness (QED) is 0.488. The van der Waals surface area contributed by atoms with Gasteiger partial charge < -0.3 is 10.6 Å². The van der Waals surface area contributed by atoms with Crippen molar-refractivity contribution >= 4 is 33.1 Å². The molecule has 0 spiro atoms. The summed E-state index contributed by atoms with van der Waals surface area (Å²) in [6.45, 7) is 7.99. The van der Waals surface area contributed by atoms with Gasteiger partial charge in [0.2, 0.25) is 5.95 Å². The molecular formula is C20H23F3N6O2S. The number of benzene rings is 1. The molecule has 0 bridgehead atoms. The Morgan fingerprint density at radius 1 is 1.03 bits per heavy atom. The van der Waals surface area contributed by atoms with Gasteiger partial charge in [-0.1, -0.05) is 0 Å². The Morgan fingerprint density at radius 3 is 2.28 bits per heavy atom. The van der Waals surface area contributed by atoms with E-state index in [-0.39, 0.29) is 11.6 Å². The lowest BCUT2D eigenvalue weighted by molar-refractivity contribution is -0.137. The van der Waals surface area contributed by atoms with Gasteiger partial charge >= 0.3 is 6.18 Å². The van der Waals surface area contributed by atoms with Crippen molar-refractivity contribution in [2.24, 2.45) is 0 Å². The van der Waals surface area contributed by atoms with E-state index in [0.717, 1.165) is 23.4 Å². The van der Waals surface area contributed by atoms with Gasteiger partial charge in [0, 0.05) is 23.1 Å². The van der Waals surface area contributed by atoms with E-state index in [4.69, 9.17) is 0 Å². The number of sulfone groups is 1. The minimum Gasteiger partial charge on any atom is -0.324 e. The Morgan fingerprint density at radius 2 is 1.72 bits per heavy atom. The smallest absolute Gasteiger partial charge is 0.324 e. The molecule has 3 N–H and O–H groups in total. The van der Waals surface area contributed by atoms with Crippen LogP contribution in [0.25, 0.3) is 0 Å². The third-order valence-electron chi connectivity index (χ3n) is 4.76. The number of halogens is 3. The molecule has 2 aromatic heterocycles. The van der Waals surface area contributed by atoms with Crippen molar-refractivity contribution in [2.45, 2.75) is 50.4 Å². The average Bonchev–Trinajstić information content (AvgIpc) is 2.98. The maximum absolute atomic E-state index is 13.4. The number of aryl methyl sites for hydroxylation is 1. The van der Waals surface area contributed by atoms with Crippen LogP contribution in [0, 0.1) is 13.8 Å². The lowest BCUT2D eigenvalue weighted by Gasteiger charge is -2.21. The van der Waals surface area contributed by atoms with E-state index < -0.39 is 31.2 Å². The van der Waals surface area contributed by atoms with E-state index in [2.05, 4.69) is 30.8 Å². The molecular weight excluding hydrogens is 445 g/mol. The van der Waals surface area contributed by atoms with E-state index in [1.165, 1.54) is 27.0 Å². The zero-order chi connectivity index (χ0) is 23.9. The van der Waals surface area contributed by atoms with Crippen LogP contribution in [0.5, 0.6) is 0 Å². The summed E-state index contributed by atoms with van der Waals surface area (Å²) in [5.74, 6) is 0.884. The molecule has 0 amide bonds. The topological polar surface area (TPSA) is 113 Å². The molecule has 2 heterocycles. The van der Waals surface area contributed by atoms with Crippen molar-refractivity contribution < 1.29 is 21.6 Å². The van der Waals surface area contributed by atoms with E-state index >= 15 is 0 Å². The average molecular weight is 469 g/mol. The Hall–Kier alpha value is -3.15. The second-order valence-corrected chi connectivity index (χ2v) is 10.9. The number of hydrogen-bond donors (Lipinski definition) is 3. The van der Waals surface area contributed by atoms with E-state index in [1.807, 2.05) is 13.8 Å². The van der Waals surface area contributed by atoms with Gasteiger partial charge in [-0.2, -0.15) is 23.3 Å². The fraction of sp³-hybridized carbons (Fsp3) is 0.350. The van der Waals surface area contributed by atoms with Gasteiger partial charge in [-0.25, -0.2) is 13.4 Å². The summed E-state index contributed by atoms with van der Waals surface area (Å²) in [6.07, 6.45) is -3.33. The number of hydrogen-bond acceptors (Lipinski definition) is 7. The van der Waals surface area contributed by atoms with Crippen LogP contribution in [0.15, 0.2) is 35.4 Å². The van der Waals surface area contributed by atoms with Crippen LogP contribution in [0.4, 0.5) is 36.4 Å². The highest BCUT2D eigenvalue weighted by molar-refractivity contribution is 7.92. The van der Waals surface area contributed by atoms with Crippen LogP contribution in [0.2, 0.25) is 0 Å². The third-order valence-corrected chi connectivity index (χ3v) is 7.23. The Labute approximate surface area is 183 Å². The van der Waals surface area contributed by atoms with Crippen LogP contribution < -0.4 is 10.6 Å². The molecule has 1 aromatic carbocycles. The molecule has 3 rings (SSSR count). The molecule has 3 aromatic rings. The molecule has 172 valence electrons. The van der Waals surface area contributed by atoms with Crippen molar-refractivity contribution in [3.63, 3.8) is 0 Å². The Kier molecular flexibility index (Phi) is 5.94. The maximum atomic E-state index is 13.4. The standard InChI is InChI=1S/C20H23F3N6O2S/c1-11-12(2)28-29-17(11)26-16-6-7-24-18(27-16)25-14-8-13(20(21,22)23)9-15(10-14)32(30,31)19(3,4)5/h6-10H,1-5H3,(H3,24,25,26,27,28,29). The van der Waals surface area contributed by atoms with Gasteiger partial charge in [-0.3, -0.25) is 5.10 Å². The van der Waals surface area contributed by atoms with Crippen LogP contribution in [0.1, 0.15) is 37.6 Å². The van der Waals surface area contributed by atoms with Crippen LogP contribution in [-0.4, -0.2) is 33.3 Å². The molecule has 0 aliphatic heterocycles. The third kappa shape index (κ3) is 4.85. The van der Waals surface area contributed by atoms with Gasteiger partial charge in [0.05, 0.1) is 15.2 Å². The number of aromatic amines is 1. The molecule has 0 fully saturated rings. The zero-order valence-corrected chi connectivity index (χ0v) is 18.9. The predicted molar refractivity (Wildman–Crippen MR) is 115 cm³/mol. The SMILES string of the molecule is Cc1[nH]nc(Nc2ccnc(Nc3cc(C(F)(F)F)cc(S(=O)(=O)C(C)(C)C)c3)n2)c1C. The largest absolute Gasteiger partial charge is 0.416 e. The van der Waals surface area contributed by atoms with Crippen molar-refractivity contribution in [1.29, 1.82) is 0 Å². The first-order valence-electron chi connectivity index (χ1n) is 9.54. The van der Waals surface area contributed by atoms with Gasteiger partial charge in [-0.15, -0.1) is 0 Å². The number of anilines is 4. The van der Waals surface area contributed by atoms with E-state index in [1.54, 1.807) is 6.07 Å². The summed E-state index contributed by atoms with van der Waals surface area (Å²) in [7, 11) is -4.03. The highest BCUT2D eigenvalue weighted by Gasteiger charge is 2.36. The zero-order valence-electron chi connectivity index (χ0n) is 18.1. The van der Waals surface area contributed by atoms with Gasteiger partial charge in [0.15, 0.2) is 15.7 Å². The molecule has 32 heavy (non-hydrogen) atoms. The first-order chi connectivity index (χ1) is 14.7. The molecule has 0 atom stereocenters. The highest BCUT2D eigenvalue weighted by Crippen LogP contribution is 2.36. The summed E-state index contributed by atoms with van der Waals surface area (Å²) in [5.41, 5.74) is 0.554. The van der Waals surface area contributed by atoms with Gasteiger partial charge in [0.25, 0.3) is 0 Å². The lowest BCUT2D eigenvalue weighted by atomic mass is 10.2. The predicted octanol–water partition coefficient (Wildman–Crippen LogP) is 4.89. The molecule has 0 saturated carbocycles. The second kappa shape index (κ2) is 8.08. The number of alkyl halides is 3. The minimum atomic E-state index is -4.74. The fourth-order valence-electron chi connectivity index (χ4n) is 2.69. The first kappa shape index (κ1) is 23.5. The summed E-state index contributed by atoms with van der Waals surface area (Å²) < 4.78 is 64.6. The number of nitrogens with zero attached hydrogens (tertiary/aromatic N) is 3. The van der Waals surface area contributed by atoms with Crippen molar-refractivity contribution in [1.82, 2.24) is 20.2 Å². The highest BCUT2D eigenvalue weighted by atomic mass is 32.2. The Balaban J connectivity index is 1.98. The normalized spacial score (nSPS) is 12.6. The van der Waals surface area contributed by atoms with Crippen LogP contribution in [0.3, 0.4) is 0 Å². The number of aromatic nitrogens is 4. The molecule has 0 saturated heterocycles. The summed E-state index contributed by atoms with van der Waals surface area (Å²) in [4.78, 5) is 7.80. The van der Waals surface area contributed by atoms with Crippen molar-refractivity contribution in [3.8, 4) is 0 Å². The summed E-state index contributed by atoms with van der Waals surface area (Å²) in [6, 6.07) is 4.15. The molecule has 12 heteroatoms. The lowest BCUT2D eigenvalue weighted by Crippen LogP contribution is -2.28. The fourth-order valence-corrected chi connectivity index (χ4v) is 3.96. The van der Waals surface area contributed by atoms with Crippen LogP contribution in [-0.2, 0) is 16.0 Å². The van der Waals surface area contributed by atoms with E-state index in [9.17, 15) is 21.6 Å². The van der Waals surface area contributed by atoms with Gasteiger partial charge in [0.1, 0.15) is 5.82 Å². The summed E-state index contributed by atoms with van der Waals surface area (Å²) >= 11 is 0. The van der Waals surface area contributed by atoms with Crippen LogP contribution >= 0.6 is 0 Å². The monoisotopic (exact) mass is 468 g/mol. The molecule has 0 aliphatic carbocycles. The van der Waals surface area contributed by atoms with Crippen molar-refractivity contribution in [3.05, 3.63) is 47.3 Å². The molecule has 0 radical (unpaired) electrons. The minimum absolute atomic E-state index is 0.0154. The Bertz CT molecular complexity index is 1250. The second-order valence-electron chi connectivity index (χ2n) is 8.20. The number of H-pyrrole nitrogens is 1. The summed E-state index contributed by atoms with van der Waals surface area (Å²) in [5, 5.41) is 12.6. The molecule has 0 aliphatic rings. The van der Waals surface area contributed by atoms with Crippen molar-refractivity contribution in [2.75, 3.05) is 10.6 Å². The van der Waals surface area contributed by atoms with E-state index in [0.29, 0.717) is 17.7 Å². The van der Waals surface area contributed by atoms with Gasteiger partial charge in [-0.05, 0) is 58.9 Å². The molecule has 8 nitrogen and oxygen atoms in total. The maximum Gasteiger partial charge on any atom is 0.416 e. The number of rotatable bonds is 5. The molecule has 0 unspecified atom stereocenters.